The van der Waals surface area contributed by atoms with Crippen molar-refractivity contribution in [3.05, 3.63) is 58.1 Å². The van der Waals surface area contributed by atoms with Crippen molar-refractivity contribution in [2.24, 2.45) is 5.92 Å². The number of benzene rings is 1. The summed E-state index contributed by atoms with van der Waals surface area (Å²) in [6.45, 7) is 6.50. The van der Waals surface area contributed by atoms with Gasteiger partial charge in [-0.3, -0.25) is 9.48 Å². The Balaban J connectivity index is 1.36. The first-order chi connectivity index (χ1) is 15.0. The molecular weight excluding hydrogens is 416 g/mol. The van der Waals surface area contributed by atoms with E-state index in [1.54, 1.807) is 13.0 Å². The number of rotatable bonds is 6. The minimum Gasteiger partial charge on any atom is -0.339 e. The lowest BCUT2D eigenvalue weighted by atomic mass is 9.96. The molecule has 1 aliphatic rings. The normalized spacial score (nSPS) is 15.1. The van der Waals surface area contributed by atoms with Gasteiger partial charge in [0.1, 0.15) is 0 Å². The molecule has 1 fully saturated rings. The van der Waals surface area contributed by atoms with Gasteiger partial charge >= 0.3 is 0 Å². The molecule has 9 nitrogen and oxygen atoms in total. The van der Waals surface area contributed by atoms with Crippen molar-refractivity contribution in [3.8, 4) is 0 Å². The van der Waals surface area contributed by atoms with Crippen molar-refractivity contribution in [3.63, 3.8) is 0 Å². The summed E-state index contributed by atoms with van der Waals surface area (Å²) in [4.78, 5) is 16.1. The molecule has 0 bridgehead atoms. The lowest BCUT2D eigenvalue weighted by Gasteiger charge is -2.31. The van der Waals surface area contributed by atoms with Crippen molar-refractivity contribution in [2.45, 2.75) is 39.8 Å². The number of hydrogen-bond donors (Lipinski definition) is 0. The van der Waals surface area contributed by atoms with Crippen LogP contribution in [0.5, 0.6) is 0 Å². The topological polar surface area (TPSA) is 94.6 Å². The Kier molecular flexibility index (Phi) is 6.41. The molecule has 2 aromatic heterocycles. The molecular formula is C21H25ClN8O. The second-order valence-corrected chi connectivity index (χ2v) is 8.33. The molecule has 0 radical (unpaired) electrons. The summed E-state index contributed by atoms with van der Waals surface area (Å²) in [6.07, 6.45) is 7.35. The van der Waals surface area contributed by atoms with Crippen LogP contribution in [0.1, 0.15) is 35.5 Å². The van der Waals surface area contributed by atoms with Gasteiger partial charge in [-0.05, 0) is 67.2 Å². The number of likely N-dealkylation sites (tertiary alicyclic amines) is 1. The molecule has 1 amide bonds. The molecule has 3 heterocycles. The van der Waals surface area contributed by atoms with Gasteiger partial charge in [-0.25, -0.2) is 0 Å². The zero-order chi connectivity index (χ0) is 21.8. The highest BCUT2D eigenvalue weighted by molar-refractivity contribution is 6.30. The van der Waals surface area contributed by atoms with Crippen LogP contribution in [0.25, 0.3) is 6.08 Å². The van der Waals surface area contributed by atoms with Gasteiger partial charge in [-0.15, -0.1) is 15.3 Å². The molecule has 0 aliphatic carbocycles. The fourth-order valence-corrected chi connectivity index (χ4v) is 3.96. The Morgan fingerprint density at radius 1 is 1.19 bits per heavy atom. The number of aromatic nitrogens is 7. The molecule has 0 unspecified atom stereocenters. The van der Waals surface area contributed by atoms with E-state index in [4.69, 9.17) is 11.6 Å². The van der Waals surface area contributed by atoms with Crippen LogP contribution in [0.4, 0.5) is 0 Å². The summed E-state index contributed by atoms with van der Waals surface area (Å²) in [5.74, 6) is 1.14. The number of piperidine rings is 1. The Labute approximate surface area is 185 Å². The van der Waals surface area contributed by atoms with Gasteiger partial charge in [0.05, 0.1) is 12.2 Å². The Hall–Kier alpha value is -3.07. The summed E-state index contributed by atoms with van der Waals surface area (Å²) < 4.78 is 1.89. The fraction of sp³-hybridized carbons (Fsp3) is 0.429. The monoisotopic (exact) mass is 440 g/mol. The third kappa shape index (κ3) is 5.55. The maximum absolute atomic E-state index is 12.7. The van der Waals surface area contributed by atoms with E-state index in [-0.39, 0.29) is 5.91 Å². The summed E-state index contributed by atoms with van der Waals surface area (Å²) in [6, 6.07) is 5.58. The highest BCUT2D eigenvalue weighted by atomic mass is 35.5. The van der Waals surface area contributed by atoms with Gasteiger partial charge in [0.15, 0.2) is 5.82 Å². The summed E-state index contributed by atoms with van der Waals surface area (Å²) in [7, 11) is 0. The van der Waals surface area contributed by atoms with Crippen molar-refractivity contribution in [1.82, 2.24) is 40.1 Å². The Bertz CT molecular complexity index is 1080. The summed E-state index contributed by atoms with van der Waals surface area (Å²) in [5, 5.41) is 20.9. The van der Waals surface area contributed by atoms with E-state index >= 15 is 0 Å². The lowest BCUT2D eigenvalue weighted by molar-refractivity contribution is -0.127. The molecule has 31 heavy (non-hydrogen) atoms. The van der Waals surface area contributed by atoms with Gasteiger partial charge < -0.3 is 4.90 Å². The number of carbonyl (C=O) groups excluding carboxylic acids is 1. The number of nitrogens with zero attached hydrogens (tertiary/aromatic N) is 8. The first-order valence-corrected chi connectivity index (χ1v) is 10.7. The van der Waals surface area contributed by atoms with E-state index in [2.05, 4.69) is 25.7 Å². The first kappa shape index (κ1) is 21.2. The van der Waals surface area contributed by atoms with Gasteiger partial charge in [-0.1, -0.05) is 22.9 Å². The zero-order valence-electron chi connectivity index (χ0n) is 17.6. The smallest absolute Gasteiger partial charge is 0.246 e. The van der Waals surface area contributed by atoms with Crippen LogP contribution in [0.15, 0.2) is 30.5 Å². The van der Waals surface area contributed by atoms with Gasteiger partial charge in [0.2, 0.25) is 5.91 Å². The van der Waals surface area contributed by atoms with Crippen molar-refractivity contribution in [1.29, 1.82) is 0 Å². The van der Waals surface area contributed by atoms with Gasteiger partial charge in [0.25, 0.3) is 0 Å². The molecule has 1 aromatic carbocycles. The third-order valence-corrected chi connectivity index (χ3v) is 5.63. The van der Waals surface area contributed by atoms with Gasteiger partial charge in [-0.2, -0.15) is 4.80 Å². The maximum Gasteiger partial charge on any atom is 0.246 e. The average molecular weight is 441 g/mol. The molecule has 0 saturated carbocycles. The number of amides is 1. The van der Waals surface area contributed by atoms with Crippen LogP contribution in [-0.2, 0) is 17.9 Å². The van der Waals surface area contributed by atoms with E-state index in [9.17, 15) is 4.79 Å². The van der Waals surface area contributed by atoms with Crippen LogP contribution in [0, 0.1) is 19.8 Å². The van der Waals surface area contributed by atoms with E-state index in [0.717, 1.165) is 49.3 Å². The number of hydrogen-bond acceptors (Lipinski definition) is 6. The Morgan fingerprint density at radius 3 is 2.68 bits per heavy atom. The number of carbonyl (C=O) groups is 1. The predicted molar refractivity (Wildman–Crippen MR) is 116 cm³/mol. The summed E-state index contributed by atoms with van der Waals surface area (Å²) in [5.41, 5.74) is 2.76. The maximum atomic E-state index is 12.7. The molecule has 1 saturated heterocycles. The van der Waals surface area contributed by atoms with Crippen LogP contribution < -0.4 is 0 Å². The molecule has 4 rings (SSSR count). The van der Waals surface area contributed by atoms with Crippen molar-refractivity contribution >= 4 is 23.6 Å². The molecule has 10 heteroatoms. The quantitative estimate of drug-likeness (QED) is 0.546. The SMILES string of the molecule is Cc1cn(CC2CCN(C(=O)/C=C/c3ccc(Cl)cc3Cn3nnc(C)n3)CC2)nn1. The van der Waals surface area contributed by atoms with E-state index in [1.807, 2.05) is 47.0 Å². The fourth-order valence-electron chi connectivity index (χ4n) is 3.77. The minimum atomic E-state index is 0.0191. The third-order valence-electron chi connectivity index (χ3n) is 5.40. The largest absolute Gasteiger partial charge is 0.339 e. The zero-order valence-corrected chi connectivity index (χ0v) is 18.4. The number of tetrazole rings is 1. The second-order valence-electron chi connectivity index (χ2n) is 7.89. The van der Waals surface area contributed by atoms with Crippen LogP contribution in [0.2, 0.25) is 5.02 Å². The lowest BCUT2D eigenvalue weighted by Crippen LogP contribution is -2.38. The molecule has 0 atom stereocenters. The standard InChI is InChI=1S/C21H25ClN8O/c1-15-12-29(26-23-15)13-17-7-9-28(10-8-17)21(31)6-4-18-3-5-20(22)11-19(18)14-30-25-16(2)24-27-30/h3-6,11-12,17H,7-10,13-14H2,1-2H3/b6-4+. The van der Waals surface area contributed by atoms with Crippen molar-refractivity contribution < 1.29 is 4.79 Å². The van der Waals surface area contributed by atoms with Crippen LogP contribution >= 0.6 is 11.6 Å². The van der Waals surface area contributed by atoms with Crippen molar-refractivity contribution in [2.75, 3.05) is 13.1 Å². The molecule has 0 N–H and O–H groups in total. The second kappa shape index (κ2) is 9.38. The van der Waals surface area contributed by atoms with E-state index in [1.165, 1.54) is 4.80 Å². The first-order valence-electron chi connectivity index (χ1n) is 10.3. The number of halogens is 1. The summed E-state index contributed by atoms with van der Waals surface area (Å²) >= 11 is 6.17. The molecule has 0 spiro atoms. The van der Waals surface area contributed by atoms with E-state index in [0.29, 0.717) is 23.3 Å². The predicted octanol–water partition coefficient (Wildman–Crippen LogP) is 2.54. The molecule has 1 aliphatic heterocycles. The Morgan fingerprint density at radius 2 is 2.00 bits per heavy atom. The molecule has 162 valence electrons. The number of aryl methyl sites for hydroxylation is 2. The molecule has 3 aromatic rings. The minimum absolute atomic E-state index is 0.0191. The van der Waals surface area contributed by atoms with Crippen LogP contribution in [0.3, 0.4) is 0 Å². The van der Waals surface area contributed by atoms with Crippen LogP contribution in [-0.4, -0.2) is 59.1 Å². The van der Waals surface area contributed by atoms with Gasteiger partial charge in [0, 0.05) is 36.9 Å². The highest BCUT2D eigenvalue weighted by Crippen LogP contribution is 2.21. The van der Waals surface area contributed by atoms with E-state index < -0.39 is 0 Å². The highest BCUT2D eigenvalue weighted by Gasteiger charge is 2.22. The average Bonchev–Trinajstić information content (AvgIpc) is 3.35.